The standard InChI is InChI=1S/C22H20F2N4O2.ClH/c23-16-2-1-3-17(24)21(16)27-18-8-9-26-22(29)19(18)20(25)14-4-6-15(7-5-14)28-10-12-30-13-11-28;/h1-9,25H,10-13H2,(H2,26,27,29);1H. The van der Waals surface area contributed by atoms with E-state index >= 15 is 0 Å². The van der Waals surface area contributed by atoms with Crippen LogP contribution in [-0.4, -0.2) is 37.0 Å². The summed E-state index contributed by atoms with van der Waals surface area (Å²) in [4.78, 5) is 17.2. The van der Waals surface area contributed by atoms with Crippen LogP contribution in [0, 0.1) is 17.0 Å². The van der Waals surface area contributed by atoms with Crippen molar-refractivity contribution in [3.8, 4) is 0 Å². The number of aromatic nitrogens is 1. The van der Waals surface area contributed by atoms with Crippen LogP contribution in [0.2, 0.25) is 0 Å². The molecule has 31 heavy (non-hydrogen) atoms. The number of hydrogen-bond donors (Lipinski definition) is 3. The van der Waals surface area contributed by atoms with Gasteiger partial charge in [0.15, 0.2) is 0 Å². The number of aromatic amines is 1. The monoisotopic (exact) mass is 446 g/mol. The van der Waals surface area contributed by atoms with Crippen LogP contribution in [0.15, 0.2) is 59.5 Å². The number of nitrogens with zero attached hydrogens (tertiary/aromatic N) is 1. The lowest BCUT2D eigenvalue weighted by Crippen LogP contribution is -2.36. The average Bonchev–Trinajstić information content (AvgIpc) is 2.77. The number of para-hydroxylation sites is 1. The Morgan fingerprint density at radius 3 is 2.32 bits per heavy atom. The third kappa shape index (κ3) is 4.76. The molecule has 0 saturated carbocycles. The van der Waals surface area contributed by atoms with Gasteiger partial charge in [-0.15, -0.1) is 12.4 Å². The topological polar surface area (TPSA) is 81.2 Å². The number of halogens is 3. The Morgan fingerprint density at radius 2 is 1.68 bits per heavy atom. The van der Waals surface area contributed by atoms with E-state index in [9.17, 15) is 13.6 Å². The van der Waals surface area contributed by atoms with Crippen molar-refractivity contribution in [3.05, 3.63) is 87.8 Å². The fourth-order valence-electron chi connectivity index (χ4n) is 3.39. The van der Waals surface area contributed by atoms with Crippen LogP contribution in [0.3, 0.4) is 0 Å². The van der Waals surface area contributed by atoms with E-state index in [0.29, 0.717) is 18.8 Å². The van der Waals surface area contributed by atoms with E-state index in [1.807, 2.05) is 12.1 Å². The Hall–Kier alpha value is -3.23. The Bertz CT molecular complexity index is 1110. The minimum atomic E-state index is -0.789. The first-order valence-electron chi connectivity index (χ1n) is 9.49. The van der Waals surface area contributed by atoms with Crippen molar-refractivity contribution < 1.29 is 13.5 Å². The third-order valence-corrected chi connectivity index (χ3v) is 4.97. The molecule has 162 valence electrons. The van der Waals surface area contributed by atoms with Gasteiger partial charge < -0.3 is 19.9 Å². The van der Waals surface area contributed by atoms with Gasteiger partial charge in [-0.2, -0.15) is 0 Å². The van der Waals surface area contributed by atoms with Gasteiger partial charge in [-0.25, -0.2) is 8.78 Å². The molecule has 1 aliphatic rings. The Labute approximate surface area is 183 Å². The molecule has 6 nitrogen and oxygen atoms in total. The van der Waals surface area contributed by atoms with E-state index in [4.69, 9.17) is 10.1 Å². The molecule has 9 heteroatoms. The number of H-pyrrole nitrogens is 1. The molecule has 2 heterocycles. The molecule has 0 bridgehead atoms. The maximum absolute atomic E-state index is 14.1. The molecule has 1 aromatic heterocycles. The number of anilines is 3. The highest BCUT2D eigenvalue weighted by Gasteiger charge is 2.18. The van der Waals surface area contributed by atoms with Gasteiger partial charge in [0.1, 0.15) is 17.3 Å². The van der Waals surface area contributed by atoms with E-state index in [-0.39, 0.29) is 35.1 Å². The highest BCUT2D eigenvalue weighted by atomic mass is 35.5. The van der Waals surface area contributed by atoms with E-state index < -0.39 is 17.2 Å². The molecule has 1 saturated heterocycles. The van der Waals surface area contributed by atoms with Crippen LogP contribution >= 0.6 is 12.4 Å². The zero-order valence-electron chi connectivity index (χ0n) is 16.5. The van der Waals surface area contributed by atoms with E-state index in [1.165, 1.54) is 18.3 Å². The molecule has 2 aromatic carbocycles. The number of benzene rings is 2. The predicted octanol–water partition coefficient (Wildman–Crippen LogP) is 4.07. The summed E-state index contributed by atoms with van der Waals surface area (Å²) in [5.41, 5.74) is 0.706. The van der Waals surface area contributed by atoms with Crippen molar-refractivity contribution in [2.75, 3.05) is 36.5 Å². The summed E-state index contributed by atoms with van der Waals surface area (Å²) in [5.74, 6) is -1.58. The summed E-state index contributed by atoms with van der Waals surface area (Å²) in [6, 6.07) is 12.2. The van der Waals surface area contributed by atoms with Crippen molar-refractivity contribution in [2.45, 2.75) is 0 Å². The summed E-state index contributed by atoms with van der Waals surface area (Å²) < 4.78 is 33.5. The fraction of sp³-hybridized carbons (Fsp3) is 0.182. The molecule has 0 radical (unpaired) electrons. The van der Waals surface area contributed by atoms with Gasteiger partial charge in [0.2, 0.25) is 0 Å². The number of pyridine rings is 1. The van der Waals surface area contributed by atoms with Crippen LogP contribution in [-0.2, 0) is 4.74 Å². The zero-order chi connectivity index (χ0) is 21.1. The SMILES string of the molecule is Cl.N=C(c1ccc(N2CCOCC2)cc1)c1c(Nc2c(F)cccc2F)cc[nH]c1=O. The van der Waals surface area contributed by atoms with Crippen molar-refractivity contribution in [1.29, 1.82) is 5.41 Å². The smallest absolute Gasteiger partial charge is 0.259 e. The predicted molar refractivity (Wildman–Crippen MR) is 119 cm³/mol. The molecule has 4 rings (SSSR count). The molecule has 1 fully saturated rings. The Morgan fingerprint density at radius 1 is 1.03 bits per heavy atom. The summed E-state index contributed by atoms with van der Waals surface area (Å²) in [6.07, 6.45) is 1.36. The second-order valence-electron chi connectivity index (χ2n) is 6.84. The molecule has 0 aliphatic carbocycles. The van der Waals surface area contributed by atoms with Gasteiger partial charge in [-0.1, -0.05) is 18.2 Å². The molecule has 1 aliphatic heterocycles. The average molecular weight is 447 g/mol. The third-order valence-electron chi connectivity index (χ3n) is 4.97. The second-order valence-corrected chi connectivity index (χ2v) is 6.84. The fourth-order valence-corrected chi connectivity index (χ4v) is 3.39. The number of morpholine rings is 1. The number of ether oxygens (including phenoxy) is 1. The van der Waals surface area contributed by atoms with Gasteiger partial charge in [-0.05, 0) is 30.3 Å². The van der Waals surface area contributed by atoms with E-state index in [2.05, 4.69) is 15.2 Å². The van der Waals surface area contributed by atoms with Crippen molar-refractivity contribution in [2.24, 2.45) is 0 Å². The minimum Gasteiger partial charge on any atom is -0.378 e. The Balaban J connectivity index is 0.00000272. The van der Waals surface area contributed by atoms with Crippen LogP contribution in [0.1, 0.15) is 11.1 Å². The molecule has 0 amide bonds. The molecule has 0 unspecified atom stereocenters. The molecular formula is C22H21ClF2N4O2. The zero-order valence-corrected chi connectivity index (χ0v) is 17.3. The highest BCUT2D eigenvalue weighted by Crippen LogP contribution is 2.26. The highest BCUT2D eigenvalue weighted by molar-refractivity contribution is 6.14. The van der Waals surface area contributed by atoms with Gasteiger partial charge in [0.05, 0.1) is 30.2 Å². The number of rotatable bonds is 5. The van der Waals surface area contributed by atoms with Crippen molar-refractivity contribution in [1.82, 2.24) is 4.98 Å². The second kappa shape index (κ2) is 9.72. The van der Waals surface area contributed by atoms with E-state index in [0.717, 1.165) is 30.9 Å². The van der Waals surface area contributed by atoms with Crippen LogP contribution in [0.4, 0.5) is 25.8 Å². The van der Waals surface area contributed by atoms with Gasteiger partial charge in [0, 0.05) is 30.5 Å². The van der Waals surface area contributed by atoms with Crippen molar-refractivity contribution >= 4 is 35.2 Å². The van der Waals surface area contributed by atoms with Crippen LogP contribution < -0.4 is 15.8 Å². The van der Waals surface area contributed by atoms with Crippen LogP contribution in [0.25, 0.3) is 0 Å². The summed E-state index contributed by atoms with van der Waals surface area (Å²) in [5, 5.41) is 11.2. The summed E-state index contributed by atoms with van der Waals surface area (Å²) >= 11 is 0. The lowest BCUT2D eigenvalue weighted by Gasteiger charge is -2.29. The summed E-state index contributed by atoms with van der Waals surface area (Å²) in [7, 11) is 0. The van der Waals surface area contributed by atoms with Gasteiger partial charge in [0.25, 0.3) is 5.56 Å². The minimum absolute atomic E-state index is 0. The van der Waals surface area contributed by atoms with Crippen molar-refractivity contribution in [3.63, 3.8) is 0 Å². The first kappa shape index (κ1) is 22.5. The van der Waals surface area contributed by atoms with Gasteiger partial charge in [-0.3, -0.25) is 10.2 Å². The first-order chi connectivity index (χ1) is 14.5. The maximum Gasteiger partial charge on any atom is 0.259 e. The number of hydrogen-bond acceptors (Lipinski definition) is 5. The number of nitrogens with one attached hydrogen (secondary N) is 3. The molecular weight excluding hydrogens is 426 g/mol. The molecule has 3 N–H and O–H groups in total. The van der Waals surface area contributed by atoms with Gasteiger partial charge >= 0.3 is 0 Å². The Kier molecular flexibility index (Phi) is 7.04. The molecule has 3 aromatic rings. The largest absolute Gasteiger partial charge is 0.378 e. The quantitative estimate of drug-likeness (QED) is 0.516. The molecule has 0 spiro atoms. The normalized spacial score (nSPS) is 13.4. The lowest BCUT2D eigenvalue weighted by atomic mass is 10.0. The maximum atomic E-state index is 14.1. The molecule has 0 atom stereocenters. The van der Waals surface area contributed by atoms with E-state index in [1.54, 1.807) is 12.1 Å². The summed E-state index contributed by atoms with van der Waals surface area (Å²) in [6.45, 7) is 2.91. The first-order valence-corrected chi connectivity index (χ1v) is 9.49. The van der Waals surface area contributed by atoms with Crippen LogP contribution in [0.5, 0.6) is 0 Å². The lowest BCUT2D eigenvalue weighted by molar-refractivity contribution is 0.122.